The maximum atomic E-state index is 12.4. The predicted octanol–water partition coefficient (Wildman–Crippen LogP) is 1.65. The highest BCUT2D eigenvalue weighted by Gasteiger charge is 2.32. The van der Waals surface area contributed by atoms with Crippen LogP contribution in [0.25, 0.3) is 10.9 Å². The van der Waals surface area contributed by atoms with Crippen molar-refractivity contribution >= 4 is 22.6 Å². The molecule has 0 bridgehead atoms. The molecule has 1 unspecified atom stereocenters. The second-order valence-electron chi connectivity index (χ2n) is 5.70. The molecule has 6 nitrogen and oxygen atoms in total. The number of hydrogen-bond acceptors (Lipinski definition) is 4. The molecule has 1 aliphatic rings. The zero-order valence-electron chi connectivity index (χ0n) is 13.2. The highest BCUT2D eigenvalue weighted by atomic mass is 16.7. The number of aromatic nitrogens is 1. The topological polar surface area (TPSA) is 80.4 Å². The molecule has 6 heteroatoms. The van der Waals surface area contributed by atoms with E-state index in [1.165, 1.54) is 14.2 Å². The minimum Gasteiger partial charge on any atom is -0.354 e. The highest BCUT2D eigenvalue weighted by Crippen LogP contribution is 2.31. The summed E-state index contributed by atoms with van der Waals surface area (Å²) in [6, 6.07) is 7.78. The lowest BCUT2D eigenvalue weighted by atomic mass is 9.85. The fourth-order valence-electron chi connectivity index (χ4n) is 3.07. The monoisotopic (exact) mass is 316 g/mol. The van der Waals surface area contributed by atoms with Crippen LogP contribution in [0.2, 0.25) is 0 Å². The van der Waals surface area contributed by atoms with Gasteiger partial charge < -0.3 is 19.8 Å². The van der Waals surface area contributed by atoms with Crippen LogP contribution in [-0.4, -0.2) is 43.7 Å². The van der Waals surface area contributed by atoms with Crippen LogP contribution < -0.4 is 5.32 Å². The van der Waals surface area contributed by atoms with Crippen LogP contribution in [0, 0.1) is 5.92 Å². The number of para-hydroxylation sites is 1. The Morgan fingerprint density at radius 1 is 1.30 bits per heavy atom. The summed E-state index contributed by atoms with van der Waals surface area (Å²) in [7, 11) is 3.03. The third-order valence-electron chi connectivity index (χ3n) is 4.31. The van der Waals surface area contributed by atoms with Crippen molar-refractivity contribution in [3.8, 4) is 0 Å². The average Bonchev–Trinajstić information content (AvgIpc) is 2.95. The van der Waals surface area contributed by atoms with Crippen LogP contribution in [0.1, 0.15) is 22.5 Å². The maximum absolute atomic E-state index is 12.4. The van der Waals surface area contributed by atoms with E-state index < -0.39 is 6.29 Å². The van der Waals surface area contributed by atoms with Crippen LogP contribution in [0.5, 0.6) is 0 Å². The number of amides is 1. The van der Waals surface area contributed by atoms with Crippen molar-refractivity contribution in [3.05, 3.63) is 35.5 Å². The fraction of sp³-hybridized carbons (Fsp3) is 0.412. The number of carbonyl (C=O) groups is 2. The number of aromatic amines is 1. The number of rotatable bonds is 5. The number of carbonyl (C=O) groups excluding carboxylic acids is 2. The summed E-state index contributed by atoms with van der Waals surface area (Å²) in [4.78, 5) is 27.9. The Bertz CT molecular complexity index is 733. The summed E-state index contributed by atoms with van der Waals surface area (Å²) in [5.74, 6) is -0.519. The second kappa shape index (κ2) is 6.52. The number of Topliss-reactive ketones (excluding diaryl/α,β-unsaturated/α-hetero) is 1. The molecule has 2 aromatic rings. The van der Waals surface area contributed by atoms with Gasteiger partial charge in [0, 0.05) is 37.5 Å². The summed E-state index contributed by atoms with van der Waals surface area (Å²) in [6.45, 7) is 0.261. The molecular weight excluding hydrogens is 296 g/mol. The molecule has 1 heterocycles. The van der Waals surface area contributed by atoms with Crippen molar-refractivity contribution in [1.29, 1.82) is 0 Å². The molecule has 0 aliphatic heterocycles. The molecule has 0 saturated carbocycles. The standard InChI is InChI=1S/C17H20N2O4/c1-22-15(23-2)9-18-17(21)10-7-12-11-5-3-4-6-13(11)19-16(12)14(20)8-10/h3-6,10,15,19H,7-9H2,1-2H3,(H,18,21). The van der Waals surface area contributed by atoms with Crippen LogP contribution in [-0.2, 0) is 20.7 Å². The summed E-state index contributed by atoms with van der Waals surface area (Å²) in [5.41, 5.74) is 2.51. The van der Waals surface area contributed by atoms with E-state index in [2.05, 4.69) is 10.3 Å². The Labute approximate surface area is 134 Å². The Morgan fingerprint density at radius 3 is 2.78 bits per heavy atom. The molecule has 1 amide bonds. The van der Waals surface area contributed by atoms with Crippen molar-refractivity contribution in [2.24, 2.45) is 5.92 Å². The highest BCUT2D eigenvalue weighted by molar-refractivity contribution is 6.05. The lowest BCUT2D eigenvalue weighted by Crippen LogP contribution is -2.40. The second-order valence-corrected chi connectivity index (χ2v) is 5.70. The normalized spacial score (nSPS) is 17.5. The van der Waals surface area contributed by atoms with E-state index in [9.17, 15) is 9.59 Å². The Kier molecular flexibility index (Phi) is 4.45. The van der Waals surface area contributed by atoms with Gasteiger partial charge in [0.1, 0.15) is 0 Å². The van der Waals surface area contributed by atoms with Crippen molar-refractivity contribution in [3.63, 3.8) is 0 Å². The zero-order valence-corrected chi connectivity index (χ0v) is 13.2. The molecule has 1 aromatic heterocycles. The summed E-state index contributed by atoms with van der Waals surface area (Å²) >= 11 is 0. The van der Waals surface area contributed by atoms with E-state index in [-0.39, 0.29) is 30.6 Å². The van der Waals surface area contributed by atoms with Gasteiger partial charge >= 0.3 is 0 Å². The molecule has 3 rings (SSSR count). The first-order chi connectivity index (χ1) is 11.1. The first-order valence-electron chi connectivity index (χ1n) is 7.60. The number of nitrogens with one attached hydrogen (secondary N) is 2. The van der Waals surface area contributed by atoms with Crippen molar-refractivity contribution < 1.29 is 19.1 Å². The van der Waals surface area contributed by atoms with Gasteiger partial charge in [0.05, 0.1) is 12.2 Å². The number of H-pyrrole nitrogens is 1. The molecule has 23 heavy (non-hydrogen) atoms. The predicted molar refractivity (Wildman–Crippen MR) is 85.3 cm³/mol. The van der Waals surface area contributed by atoms with Gasteiger partial charge in [0.2, 0.25) is 5.91 Å². The van der Waals surface area contributed by atoms with Gasteiger partial charge in [-0.3, -0.25) is 9.59 Å². The smallest absolute Gasteiger partial charge is 0.224 e. The van der Waals surface area contributed by atoms with E-state index >= 15 is 0 Å². The minimum absolute atomic E-state index is 0.0161. The van der Waals surface area contributed by atoms with E-state index in [4.69, 9.17) is 9.47 Å². The van der Waals surface area contributed by atoms with Gasteiger partial charge in [-0.1, -0.05) is 18.2 Å². The molecule has 122 valence electrons. The zero-order chi connectivity index (χ0) is 16.4. The number of methoxy groups -OCH3 is 2. The SMILES string of the molecule is COC(CNC(=O)C1CC(=O)c2[nH]c3ccccc3c2C1)OC. The van der Waals surface area contributed by atoms with Gasteiger partial charge in [-0.25, -0.2) is 0 Å². The van der Waals surface area contributed by atoms with Crippen LogP contribution in [0.4, 0.5) is 0 Å². The Hall–Kier alpha value is -2.18. The molecule has 0 spiro atoms. The third-order valence-corrected chi connectivity index (χ3v) is 4.31. The summed E-state index contributed by atoms with van der Waals surface area (Å²) < 4.78 is 10.1. The van der Waals surface area contributed by atoms with Gasteiger partial charge in [0.15, 0.2) is 12.1 Å². The largest absolute Gasteiger partial charge is 0.354 e. The quantitative estimate of drug-likeness (QED) is 0.822. The maximum Gasteiger partial charge on any atom is 0.224 e. The molecule has 1 aromatic carbocycles. The van der Waals surface area contributed by atoms with E-state index in [0.29, 0.717) is 12.1 Å². The molecule has 0 saturated heterocycles. The number of fused-ring (bicyclic) bond motifs is 3. The van der Waals surface area contributed by atoms with Gasteiger partial charge in [-0.2, -0.15) is 0 Å². The average molecular weight is 316 g/mol. The summed E-state index contributed by atoms with van der Waals surface area (Å²) in [5, 5.41) is 3.81. The van der Waals surface area contributed by atoms with Crippen LogP contribution in [0.3, 0.4) is 0 Å². The molecule has 2 N–H and O–H groups in total. The molecule has 0 fully saturated rings. The third kappa shape index (κ3) is 3.00. The van der Waals surface area contributed by atoms with E-state index in [0.717, 1.165) is 16.5 Å². The Morgan fingerprint density at radius 2 is 2.04 bits per heavy atom. The molecule has 1 aliphatic carbocycles. The Balaban J connectivity index is 1.77. The molecule has 1 atom stereocenters. The van der Waals surface area contributed by atoms with Crippen LogP contribution >= 0.6 is 0 Å². The fourth-order valence-corrected chi connectivity index (χ4v) is 3.07. The van der Waals surface area contributed by atoms with Gasteiger partial charge in [0.25, 0.3) is 0 Å². The van der Waals surface area contributed by atoms with Crippen LogP contribution in [0.15, 0.2) is 24.3 Å². The number of benzene rings is 1. The van der Waals surface area contributed by atoms with Crippen molar-refractivity contribution in [2.75, 3.05) is 20.8 Å². The molecule has 0 radical (unpaired) electrons. The first-order valence-corrected chi connectivity index (χ1v) is 7.60. The van der Waals surface area contributed by atoms with E-state index in [1.54, 1.807) is 0 Å². The van der Waals surface area contributed by atoms with Gasteiger partial charge in [-0.15, -0.1) is 0 Å². The minimum atomic E-state index is -0.484. The number of ether oxygens (including phenoxy) is 2. The lowest BCUT2D eigenvalue weighted by molar-refractivity contribution is -0.130. The lowest BCUT2D eigenvalue weighted by Gasteiger charge is -2.22. The molecular formula is C17H20N2O4. The van der Waals surface area contributed by atoms with Gasteiger partial charge in [-0.05, 0) is 18.1 Å². The number of hydrogen-bond donors (Lipinski definition) is 2. The van der Waals surface area contributed by atoms with Crippen molar-refractivity contribution in [1.82, 2.24) is 10.3 Å². The summed E-state index contributed by atoms with van der Waals surface area (Å²) in [6.07, 6.45) is 0.291. The number of ketones is 1. The first kappa shape index (κ1) is 15.7. The van der Waals surface area contributed by atoms with Crippen molar-refractivity contribution in [2.45, 2.75) is 19.1 Å². The van der Waals surface area contributed by atoms with E-state index in [1.807, 2.05) is 24.3 Å².